The molecule has 7 heteroatoms. The van der Waals surface area contributed by atoms with Gasteiger partial charge < -0.3 is 0 Å². The fourth-order valence-corrected chi connectivity index (χ4v) is 4.63. The lowest BCUT2D eigenvalue weighted by molar-refractivity contribution is 0.682. The molecule has 0 bridgehead atoms. The lowest BCUT2D eigenvalue weighted by Gasteiger charge is -2.08. The molecule has 4 aromatic rings. The van der Waals surface area contributed by atoms with E-state index in [0.717, 1.165) is 9.92 Å². The number of rotatable bonds is 6. The van der Waals surface area contributed by atoms with Crippen molar-refractivity contribution in [2.45, 2.75) is 20.6 Å². The van der Waals surface area contributed by atoms with Crippen LogP contribution < -0.4 is 0 Å². The monoisotopic (exact) mass is 437 g/mol. The molecule has 0 radical (unpaired) electrons. The molecule has 0 aliphatic heterocycles. The topological polar surface area (TPSA) is 55.7 Å². The normalized spacial score (nSPS) is 11.9. The Kier molecular flexibility index (Phi) is 6.34. The number of hydrogen-bond donors (Lipinski definition) is 0. The maximum absolute atomic E-state index is 12.8. The third-order valence-corrected chi connectivity index (χ3v) is 6.50. The van der Waals surface area contributed by atoms with E-state index in [9.17, 15) is 4.21 Å². The van der Waals surface area contributed by atoms with Crippen molar-refractivity contribution in [3.05, 3.63) is 95.8 Å². The van der Waals surface area contributed by atoms with Crippen molar-refractivity contribution >= 4 is 34.2 Å². The van der Waals surface area contributed by atoms with E-state index in [1.54, 1.807) is 42.2 Å². The fourth-order valence-electron chi connectivity index (χ4n) is 2.62. The highest BCUT2D eigenvalue weighted by atomic mass is 35.5. The van der Waals surface area contributed by atoms with Crippen LogP contribution in [0.15, 0.2) is 99.9 Å². The number of benzene rings is 2. The second-order valence-corrected chi connectivity index (χ2v) is 9.08. The molecule has 4 rings (SSSR count). The van der Waals surface area contributed by atoms with Crippen LogP contribution in [0.1, 0.15) is 5.69 Å². The molecule has 29 heavy (non-hydrogen) atoms. The minimum atomic E-state index is -1.24. The molecule has 0 N–H and O–H groups in total. The molecule has 2 heterocycles. The lowest BCUT2D eigenvalue weighted by Crippen LogP contribution is -2.03. The van der Waals surface area contributed by atoms with Gasteiger partial charge in [0.25, 0.3) is 0 Å². The Morgan fingerprint density at radius 2 is 1.66 bits per heavy atom. The molecule has 0 saturated heterocycles. The molecule has 0 fully saturated rings. The van der Waals surface area contributed by atoms with Gasteiger partial charge in [-0.1, -0.05) is 47.6 Å². The summed E-state index contributed by atoms with van der Waals surface area (Å²) in [4.78, 5) is 15.4. The van der Waals surface area contributed by atoms with E-state index in [-0.39, 0.29) is 5.75 Å². The maximum Gasteiger partial charge on any atom is 0.179 e. The minimum Gasteiger partial charge on any atom is -0.254 e. The molecule has 0 amide bonds. The predicted octanol–water partition coefficient (Wildman–Crippen LogP) is 5.65. The summed E-state index contributed by atoms with van der Waals surface area (Å²) in [5, 5.41) is 1.40. The summed E-state index contributed by atoms with van der Waals surface area (Å²) in [6.45, 7) is 0. The molecular formula is C22H16ClN3OS2. The van der Waals surface area contributed by atoms with E-state index < -0.39 is 10.8 Å². The van der Waals surface area contributed by atoms with Gasteiger partial charge in [-0.05, 0) is 54.6 Å². The molecule has 144 valence electrons. The summed E-state index contributed by atoms with van der Waals surface area (Å²) < 4.78 is 12.8. The summed E-state index contributed by atoms with van der Waals surface area (Å²) in [5.74, 6) is 0.807. The van der Waals surface area contributed by atoms with Crippen LogP contribution in [0, 0.1) is 0 Å². The van der Waals surface area contributed by atoms with E-state index >= 15 is 0 Å². The average Bonchev–Trinajstić information content (AvgIpc) is 2.75. The molecule has 0 spiro atoms. The Bertz CT molecular complexity index is 1120. The molecule has 0 aliphatic rings. The van der Waals surface area contributed by atoms with Crippen LogP contribution in [0.2, 0.25) is 5.02 Å². The van der Waals surface area contributed by atoms with Crippen LogP contribution in [0.5, 0.6) is 0 Å². The highest BCUT2D eigenvalue weighted by Gasteiger charge is 2.13. The zero-order valence-electron chi connectivity index (χ0n) is 15.2. The van der Waals surface area contributed by atoms with Gasteiger partial charge in [-0.25, -0.2) is 9.97 Å². The maximum atomic E-state index is 12.8. The van der Waals surface area contributed by atoms with E-state index in [1.165, 1.54) is 0 Å². The molecule has 0 saturated carbocycles. The predicted molar refractivity (Wildman–Crippen MR) is 117 cm³/mol. The van der Waals surface area contributed by atoms with Crippen molar-refractivity contribution in [1.82, 2.24) is 15.0 Å². The standard InChI is InChI=1S/C22H16ClN3OS2/c23-16-9-11-19(12-10-16)29(27)15-17-14-21(28-18-6-2-1-3-7-18)26-22(25-17)20-8-4-5-13-24-20/h1-14H,15H2. The van der Waals surface area contributed by atoms with Crippen molar-refractivity contribution in [3.8, 4) is 11.5 Å². The Balaban J connectivity index is 1.67. The van der Waals surface area contributed by atoms with Gasteiger partial charge >= 0.3 is 0 Å². The van der Waals surface area contributed by atoms with Gasteiger partial charge in [-0.15, -0.1) is 0 Å². The Morgan fingerprint density at radius 1 is 0.897 bits per heavy atom. The first kappa shape index (κ1) is 19.8. The van der Waals surface area contributed by atoms with Crippen LogP contribution in [0.3, 0.4) is 0 Å². The second kappa shape index (κ2) is 9.31. The van der Waals surface area contributed by atoms with Gasteiger partial charge in [0, 0.05) is 21.0 Å². The van der Waals surface area contributed by atoms with Gasteiger partial charge in [0.05, 0.1) is 22.2 Å². The van der Waals surface area contributed by atoms with Gasteiger partial charge in [0.1, 0.15) is 10.7 Å². The van der Waals surface area contributed by atoms with E-state index in [4.69, 9.17) is 11.6 Å². The Morgan fingerprint density at radius 3 is 2.38 bits per heavy atom. The highest BCUT2D eigenvalue weighted by molar-refractivity contribution is 7.99. The zero-order chi connectivity index (χ0) is 20.1. The van der Waals surface area contributed by atoms with E-state index in [1.807, 2.05) is 54.6 Å². The minimum absolute atomic E-state index is 0.284. The third-order valence-electron chi connectivity index (χ3n) is 3.97. The molecule has 2 aromatic carbocycles. The highest BCUT2D eigenvalue weighted by Crippen LogP contribution is 2.28. The number of hydrogen-bond acceptors (Lipinski definition) is 5. The zero-order valence-corrected chi connectivity index (χ0v) is 17.6. The van der Waals surface area contributed by atoms with Gasteiger partial charge in [-0.2, -0.15) is 0 Å². The van der Waals surface area contributed by atoms with Crippen molar-refractivity contribution < 1.29 is 4.21 Å². The molecule has 2 aromatic heterocycles. The SMILES string of the molecule is O=S(Cc1cc(Sc2ccccc2)nc(-c2ccccn2)n1)c1ccc(Cl)cc1. The summed E-state index contributed by atoms with van der Waals surface area (Å²) in [5.41, 5.74) is 1.38. The van der Waals surface area contributed by atoms with Crippen LogP contribution in [-0.2, 0) is 16.6 Å². The van der Waals surface area contributed by atoms with Crippen molar-refractivity contribution in [2.75, 3.05) is 0 Å². The van der Waals surface area contributed by atoms with Gasteiger partial charge in [0.2, 0.25) is 0 Å². The first-order valence-electron chi connectivity index (χ1n) is 8.83. The summed E-state index contributed by atoms with van der Waals surface area (Å²) in [7, 11) is -1.24. The first-order chi connectivity index (χ1) is 14.2. The van der Waals surface area contributed by atoms with E-state index in [2.05, 4.69) is 15.0 Å². The van der Waals surface area contributed by atoms with Crippen molar-refractivity contribution in [1.29, 1.82) is 0 Å². The van der Waals surface area contributed by atoms with Crippen LogP contribution in [0.25, 0.3) is 11.5 Å². The molecule has 1 atom stereocenters. The molecule has 0 aliphatic carbocycles. The number of aromatic nitrogens is 3. The van der Waals surface area contributed by atoms with Crippen LogP contribution >= 0.6 is 23.4 Å². The first-order valence-corrected chi connectivity index (χ1v) is 11.3. The number of halogens is 1. The molecule has 1 unspecified atom stereocenters. The lowest BCUT2D eigenvalue weighted by atomic mass is 10.3. The summed E-state index contributed by atoms with van der Waals surface area (Å²) in [6, 6.07) is 24.5. The summed E-state index contributed by atoms with van der Waals surface area (Å²) in [6.07, 6.45) is 1.71. The average molecular weight is 438 g/mol. The van der Waals surface area contributed by atoms with Gasteiger partial charge in [0.15, 0.2) is 5.82 Å². The summed E-state index contributed by atoms with van der Waals surface area (Å²) >= 11 is 7.47. The van der Waals surface area contributed by atoms with Gasteiger partial charge in [-0.3, -0.25) is 9.19 Å². The molecular weight excluding hydrogens is 422 g/mol. The largest absolute Gasteiger partial charge is 0.254 e. The molecule has 4 nitrogen and oxygen atoms in total. The number of nitrogens with zero attached hydrogens (tertiary/aromatic N) is 3. The smallest absolute Gasteiger partial charge is 0.179 e. The Labute approximate surface area is 180 Å². The third kappa shape index (κ3) is 5.29. The Hall–Kier alpha value is -2.54. The van der Waals surface area contributed by atoms with Crippen LogP contribution in [-0.4, -0.2) is 19.2 Å². The second-order valence-electron chi connectivity index (χ2n) is 6.09. The van der Waals surface area contributed by atoms with E-state index in [0.29, 0.717) is 27.1 Å². The fraction of sp³-hybridized carbons (Fsp3) is 0.0455. The van der Waals surface area contributed by atoms with Crippen molar-refractivity contribution in [3.63, 3.8) is 0 Å². The van der Waals surface area contributed by atoms with Crippen molar-refractivity contribution in [2.24, 2.45) is 0 Å². The quantitative estimate of drug-likeness (QED) is 0.365. The van der Waals surface area contributed by atoms with Crippen LogP contribution in [0.4, 0.5) is 0 Å². The number of pyridine rings is 1.